The van der Waals surface area contributed by atoms with Crippen LogP contribution in [-0.4, -0.2) is 22.2 Å². The summed E-state index contributed by atoms with van der Waals surface area (Å²) in [6.45, 7) is 8.31. The normalized spacial score (nSPS) is 13.3. The van der Waals surface area contributed by atoms with Crippen LogP contribution in [0.3, 0.4) is 0 Å². The molecule has 0 radical (unpaired) electrons. The first-order valence-corrected chi connectivity index (χ1v) is 6.47. The Morgan fingerprint density at radius 3 is 2.75 bits per heavy atom. The summed E-state index contributed by atoms with van der Waals surface area (Å²) >= 11 is 5.69. The third kappa shape index (κ3) is 4.54. The zero-order valence-electron chi connectivity index (χ0n) is 10.4. The lowest BCUT2D eigenvalue weighted by Crippen LogP contribution is -2.21. The van der Waals surface area contributed by atoms with Gasteiger partial charge >= 0.3 is 0 Å². The molecule has 0 fully saturated rings. The van der Waals surface area contributed by atoms with Gasteiger partial charge in [-0.1, -0.05) is 6.92 Å². The molecule has 0 saturated heterocycles. The highest BCUT2D eigenvalue weighted by atomic mass is 35.5. The Labute approximate surface area is 103 Å². The van der Waals surface area contributed by atoms with E-state index in [1.54, 1.807) is 0 Å². The summed E-state index contributed by atoms with van der Waals surface area (Å²) in [5, 5.41) is 7.88. The van der Waals surface area contributed by atoms with Crippen molar-refractivity contribution in [1.82, 2.24) is 15.1 Å². The maximum atomic E-state index is 5.69. The molecule has 0 aliphatic heterocycles. The molecule has 92 valence electrons. The van der Waals surface area contributed by atoms with Crippen LogP contribution in [0, 0.1) is 5.92 Å². The zero-order chi connectivity index (χ0) is 12.0. The number of hydrogen-bond acceptors (Lipinski definition) is 2. The van der Waals surface area contributed by atoms with Gasteiger partial charge in [-0.25, -0.2) is 0 Å². The van der Waals surface area contributed by atoms with Crippen LogP contribution < -0.4 is 5.32 Å². The number of rotatable bonds is 7. The van der Waals surface area contributed by atoms with Crippen LogP contribution in [0.4, 0.5) is 0 Å². The summed E-state index contributed by atoms with van der Waals surface area (Å²) in [5.74, 6) is 1.37. The van der Waals surface area contributed by atoms with Crippen LogP contribution in [-0.2, 0) is 6.54 Å². The third-order valence-corrected chi connectivity index (χ3v) is 2.81. The van der Waals surface area contributed by atoms with Gasteiger partial charge in [-0.2, -0.15) is 5.10 Å². The fourth-order valence-corrected chi connectivity index (χ4v) is 1.87. The van der Waals surface area contributed by atoms with Gasteiger partial charge in [0.2, 0.25) is 0 Å². The second-order valence-corrected chi connectivity index (χ2v) is 4.97. The van der Waals surface area contributed by atoms with E-state index in [0.717, 1.165) is 31.1 Å². The van der Waals surface area contributed by atoms with Crippen molar-refractivity contribution in [3.63, 3.8) is 0 Å². The summed E-state index contributed by atoms with van der Waals surface area (Å²) in [6, 6.07) is 2.50. The molecule has 1 aromatic heterocycles. The van der Waals surface area contributed by atoms with Gasteiger partial charge in [0.15, 0.2) is 0 Å². The summed E-state index contributed by atoms with van der Waals surface area (Å²) in [4.78, 5) is 0. The predicted molar refractivity (Wildman–Crippen MR) is 68.8 cm³/mol. The Kier molecular flexibility index (Phi) is 5.85. The maximum absolute atomic E-state index is 5.69. The molecule has 0 aliphatic carbocycles. The number of aromatic nitrogens is 2. The first-order valence-electron chi connectivity index (χ1n) is 5.94. The van der Waals surface area contributed by atoms with Crippen LogP contribution in [0.25, 0.3) is 0 Å². The standard InChI is InChI=1S/C12H22ClN3/c1-10(2)16-7-5-12(15-16)9-14-8-11(3)4-6-13/h5,7,10-11,14H,4,6,8-9H2,1-3H3. The Bertz CT molecular complexity index is 296. The van der Waals surface area contributed by atoms with E-state index in [2.05, 4.69) is 37.3 Å². The van der Waals surface area contributed by atoms with E-state index >= 15 is 0 Å². The highest BCUT2D eigenvalue weighted by molar-refractivity contribution is 6.17. The number of hydrogen-bond donors (Lipinski definition) is 1. The van der Waals surface area contributed by atoms with Crippen LogP contribution >= 0.6 is 11.6 Å². The van der Waals surface area contributed by atoms with Crippen LogP contribution in [0.15, 0.2) is 12.3 Å². The van der Waals surface area contributed by atoms with Crippen LogP contribution in [0.2, 0.25) is 0 Å². The molecule has 0 saturated carbocycles. The largest absolute Gasteiger partial charge is 0.311 e. The minimum Gasteiger partial charge on any atom is -0.311 e. The van der Waals surface area contributed by atoms with E-state index in [0.29, 0.717) is 12.0 Å². The molecule has 0 spiro atoms. The lowest BCUT2D eigenvalue weighted by molar-refractivity contribution is 0.489. The number of alkyl halides is 1. The lowest BCUT2D eigenvalue weighted by Gasteiger charge is -2.09. The van der Waals surface area contributed by atoms with E-state index < -0.39 is 0 Å². The number of halogens is 1. The average molecular weight is 244 g/mol. The van der Waals surface area contributed by atoms with Gasteiger partial charge in [0.1, 0.15) is 0 Å². The van der Waals surface area contributed by atoms with Gasteiger partial charge in [-0.15, -0.1) is 11.6 Å². The maximum Gasteiger partial charge on any atom is 0.0762 e. The van der Waals surface area contributed by atoms with Crippen molar-refractivity contribution in [2.24, 2.45) is 5.92 Å². The van der Waals surface area contributed by atoms with Crippen molar-refractivity contribution < 1.29 is 0 Å². The quantitative estimate of drug-likeness (QED) is 0.747. The minimum absolute atomic E-state index is 0.434. The van der Waals surface area contributed by atoms with Crippen molar-refractivity contribution in [2.75, 3.05) is 12.4 Å². The van der Waals surface area contributed by atoms with Gasteiger partial charge in [0.05, 0.1) is 5.69 Å². The van der Waals surface area contributed by atoms with Gasteiger partial charge in [-0.05, 0) is 38.8 Å². The van der Waals surface area contributed by atoms with Crippen LogP contribution in [0.5, 0.6) is 0 Å². The molecule has 3 nitrogen and oxygen atoms in total. The molecule has 4 heteroatoms. The van der Waals surface area contributed by atoms with Crippen molar-refractivity contribution in [1.29, 1.82) is 0 Å². The molecule has 1 N–H and O–H groups in total. The smallest absolute Gasteiger partial charge is 0.0762 e. The molecule has 1 atom stereocenters. The Morgan fingerprint density at radius 2 is 2.19 bits per heavy atom. The van der Waals surface area contributed by atoms with Gasteiger partial charge < -0.3 is 5.32 Å². The first kappa shape index (κ1) is 13.5. The Morgan fingerprint density at radius 1 is 1.44 bits per heavy atom. The first-order chi connectivity index (χ1) is 7.63. The molecule has 16 heavy (non-hydrogen) atoms. The number of nitrogens with one attached hydrogen (secondary N) is 1. The van der Waals surface area contributed by atoms with Crippen molar-refractivity contribution >= 4 is 11.6 Å². The summed E-state index contributed by atoms with van der Waals surface area (Å²) in [5.41, 5.74) is 1.10. The van der Waals surface area contributed by atoms with Crippen LogP contribution in [0.1, 0.15) is 38.9 Å². The topological polar surface area (TPSA) is 29.9 Å². The SMILES string of the molecule is CC(CCCl)CNCc1ccn(C(C)C)n1. The average Bonchev–Trinajstić information content (AvgIpc) is 2.67. The van der Waals surface area contributed by atoms with E-state index in [-0.39, 0.29) is 0 Å². The molecular formula is C12H22ClN3. The molecule has 0 aliphatic rings. The van der Waals surface area contributed by atoms with E-state index in [9.17, 15) is 0 Å². The van der Waals surface area contributed by atoms with E-state index in [1.807, 2.05) is 10.9 Å². The highest BCUT2D eigenvalue weighted by Gasteiger charge is 2.03. The molecular weight excluding hydrogens is 222 g/mol. The fourth-order valence-electron chi connectivity index (χ4n) is 1.49. The highest BCUT2D eigenvalue weighted by Crippen LogP contribution is 2.05. The molecule has 0 amide bonds. The van der Waals surface area contributed by atoms with Crippen molar-refractivity contribution in [3.8, 4) is 0 Å². The molecule has 0 bridgehead atoms. The molecule has 1 aromatic rings. The minimum atomic E-state index is 0.434. The second kappa shape index (κ2) is 6.92. The van der Waals surface area contributed by atoms with Gasteiger partial charge in [0, 0.05) is 24.7 Å². The van der Waals surface area contributed by atoms with E-state index in [1.165, 1.54) is 0 Å². The van der Waals surface area contributed by atoms with Gasteiger partial charge in [-0.3, -0.25) is 4.68 Å². The second-order valence-electron chi connectivity index (χ2n) is 4.59. The molecule has 1 heterocycles. The summed E-state index contributed by atoms with van der Waals surface area (Å²) in [6.07, 6.45) is 3.10. The molecule has 0 aromatic carbocycles. The Hall–Kier alpha value is -0.540. The van der Waals surface area contributed by atoms with Crippen molar-refractivity contribution in [3.05, 3.63) is 18.0 Å². The predicted octanol–water partition coefficient (Wildman–Crippen LogP) is 2.82. The summed E-state index contributed by atoms with van der Waals surface area (Å²) < 4.78 is 1.99. The molecule has 1 rings (SSSR count). The van der Waals surface area contributed by atoms with Gasteiger partial charge in [0.25, 0.3) is 0 Å². The fraction of sp³-hybridized carbons (Fsp3) is 0.750. The number of nitrogens with zero attached hydrogens (tertiary/aromatic N) is 2. The zero-order valence-corrected chi connectivity index (χ0v) is 11.2. The lowest BCUT2D eigenvalue weighted by atomic mass is 10.1. The third-order valence-electron chi connectivity index (χ3n) is 2.59. The monoisotopic (exact) mass is 243 g/mol. The van der Waals surface area contributed by atoms with E-state index in [4.69, 9.17) is 11.6 Å². The Balaban J connectivity index is 2.26. The van der Waals surface area contributed by atoms with Crippen molar-refractivity contribution in [2.45, 2.75) is 39.8 Å². The summed E-state index contributed by atoms with van der Waals surface area (Å²) in [7, 11) is 0. The molecule has 1 unspecified atom stereocenters.